The van der Waals surface area contributed by atoms with Crippen LogP contribution in [0.5, 0.6) is 0 Å². The molecule has 1 heterocycles. The summed E-state index contributed by atoms with van der Waals surface area (Å²) >= 11 is 0. The number of aryl methyl sites for hydroxylation is 1. The first-order valence-electron chi connectivity index (χ1n) is 7.52. The predicted molar refractivity (Wildman–Crippen MR) is 89.4 cm³/mol. The van der Waals surface area contributed by atoms with Crippen LogP contribution in [-0.2, 0) is 10.0 Å². The lowest BCUT2D eigenvalue weighted by molar-refractivity contribution is 0.162. The molecule has 0 bridgehead atoms. The van der Waals surface area contributed by atoms with E-state index in [0.29, 0.717) is 24.3 Å². The van der Waals surface area contributed by atoms with E-state index in [1.165, 1.54) is 4.31 Å². The molecule has 0 unspecified atom stereocenters. The summed E-state index contributed by atoms with van der Waals surface area (Å²) < 4.78 is 26.2. The van der Waals surface area contributed by atoms with Gasteiger partial charge in [-0.1, -0.05) is 23.8 Å². The van der Waals surface area contributed by atoms with E-state index in [1.807, 2.05) is 13.0 Å². The number of rotatable bonds is 7. The van der Waals surface area contributed by atoms with Gasteiger partial charge in [-0.25, -0.2) is 12.7 Å². The Bertz CT molecular complexity index is 715. The molecule has 1 aromatic heterocycles. The third-order valence-corrected chi connectivity index (χ3v) is 5.62. The van der Waals surface area contributed by atoms with E-state index >= 15 is 0 Å². The van der Waals surface area contributed by atoms with Gasteiger partial charge in [-0.15, -0.1) is 0 Å². The fourth-order valence-corrected chi connectivity index (χ4v) is 3.47. The molecule has 0 spiro atoms. The summed E-state index contributed by atoms with van der Waals surface area (Å²) in [5, 5.41) is 10.1. The number of sulfonamides is 1. The molecular formula is C17H22N2O3S. The van der Waals surface area contributed by atoms with Crippen molar-refractivity contribution in [2.24, 2.45) is 0 Å². The number of aromatic nitrogens is 1. The quantitative estimate of drug-likeness (QED) is 0.845. The van der Waals surface area contributed by atoms with Crippen molar-refractivity contribution in [3.63, 3.8) is 0 Å². The molecule has 0 saturated heterocycles. The largest absolute Gasteiger partial charge is 0.388 e. The molecule has 2 rings (SSSR count). The van der Waals surface area contributed by atoms with Gasteiger partial charge in [0.05, 0.1) is 11.0 Å². The van der Waals surface area contributed by atoms with Crippen molar-refractivity contribution >= 4 is 10.0 Å². The van der Waals surface area contributed by atoms with Crippen molar-refractivity contribution in [2.45, 2.75) is 30.8 Å². The van der Waals surface area contributed by atoms with Gasteiger partial charge in [0.1, 0.15) is 0 Å². The Morgan fingerprint density at radius 2 is 1.91 bits per heavy atom. The standard InChI is InChI=1S/C17H22N2O3S/c1-14-7-9-16(10-8-14)23(21,22)19(2)12-4-6-17(20)15-5-3-11-18-13-15/h3,5,7-11,13,17,20H,4,6,12H2,1-2H3/t17-/m0/s1. The Balaban J connectivity index is 1.91. The molecule has 124 valence electrons. The third-order valence-electron chi connectivity index (χ3n) is 3.75. The van der Waals surface area contributed by atoms with Crippen molar-refractivity contribution in [1.29, 1.82) is 0 Å². The van der Waals surface area contributed by atoms with Crippen molar-refractivity contribution < 1.29 is 13.5 Å². The normalized spacial score (nSPS) is 13.2. The van der Waals surface area contributed by atoms with Gasteiger partial charge in [0.15, 0.2) is 0 Å². The zero-order chi connectivity index (χ0) is 16.9. The summed E-state index contributed by atoms with van der Waals surface area (Å²) in [5.41, 5.74) is 1.77. The average molecular weight is 334 g/mol. The molecule has 5 nitrogen and oxygen atoms in total. The van der Waals surface area contributed by atoms with Crippen LogP contribution in [0, 0.1) is 6.92 Å². The Morgan fingerprint density at radius 3 is 2.52 bits per heavy atom. The number of nitrogens with zero attached hydrogens (tertiary/aromatic N) is 2. The number of hydrogen-bond acceptors (Lipinski definition) is 4. The predicted octanol–water partition coefficient (Wildman–Crippen LogP) is 2.52. The molecule has 1 N–H and O–H groups in total. The second-order valence-corrected chi connectivity index (χ2v) is 7.63. The highest BCUT2D eigenvalue weighted by atomic mass is 32.2. The van der Waals surface area contributed by atoms with Gasteiger partial charge < -0.3 is 5.11 Å². The van der Waals surface area contributed by atoms with Crippen molar-refractivity contribution in [3.05, 3.63) is 59.9 Å². The molecule has 0 aliphatic rings. The van der Waals surface area contributed by atoms with Gasteiger partial charge in [0.2, 0.25) is 10.0 Å². The first-order valence-corrected chi connectivity index (χ1v) is 8.96. The number of aliphatic hydroxyl groups excluding tert-OH is 1. The Kier molecular flexibility index (Phi) is 5.87. The maximum absolute atomic E-state index is 12.4. The summed E-state index contributed by atoms with van der Waals surface area (Å²) in [6, 6.07) is 10.4. The van der Waals surface area contributed by atoms with Gasteiger partial charge >= 0.3 is 0 Å². The highest BCUT2D eigenvalue weighted by molar-refractivity contribution is 7.89. The number of pyridine rings is 1. The van der Waals surface area contributed by atoms with Crippen LogP contribution in [-0.4, -0.2) is 36.4 Å². The Morgan fingerprint density at radius 1 is 1.22 bits per heavy atom. The maximum Gasteiger partial charge on any atom is 0.242 e. The maximum atomic E-state index is 12.4. The van der Waals surface area contributed by atoms with E-state index in [1.54, 1.807) is 49.8 Å². The molecule has 0 fully saturated rings. The lowest BCUT2D eigenvalue weighted by atomic mass is 10.1. The molecule has 0 radical (unpaired) electrons. The van der Waals surface area contributed by atoms with Crippen LogP contribution in [0.4, 0.5) is 0 Å². The number of hydrogen-bond donors (Lipinski definition) is 1. The number of aliphatic hydroxyl groups is 1. The highest BCUT2D eigenvalue weighted by Gasteiger charge is 2.20. The number of benzene rings is 1. The van der Waals surface area contributed by atoms with Crippen molar-refractivity contribution in [3.8, 4) is 0 Å². The summed E-state index contributed by atoms with van der Waals surface area (Å²) in [6.07, 6.45) is 3.70. The van der Waals surface area contributed by atoms with Crippen LogP contribution >= 0.6 is 0 Å². The SMILES string of the molecule is Cc1ccc(S(=O)(=O)N(C)CCC[C@H](O)c2cccnc2)cc1. The first kappa shape index (κ1) is 17.6. The van der Waals surface area contributed by atoms with Gasteiger partial charge in [0.25, 0.3) is 0 Å². The molecule has 0 aliphatic heterocycles. The molecule has 23 heavy (non-hydrogen) atoms. The van der Waals surface area contributed by atoms with Crippen molar-refractivity contribution in [2.75, 3.05) is 13.6 Å². The van der Waals surface area contributed by atoms with Crippen LogP contribution in [0.3, 0.4) is 0 Å². The topological polar surface area (TPSA) is 70.5 Å². The summed E-state index contributed by atoms with van der Waals surface area (Å²) in [4.78, 5) is 4.26. The zero-order valence-corrected chi connectivity index (χ0v) is 14.2. The molecular weight excluding hydrogens is 312 g/mol. The van der Waals surface area contributed by atoms with Crippen LogP contribution < -0.4 is 0 Å². The molecule has 2 aromatic rings. The van der Waals surface area contributed by atoms with Crippen LogP contribution in [0.15, 0.2) is 53.7 Å². The fraction of sp³-hybridized carbons (Fsp3) is 0.353. The lowest BCUT2D eigenvalue weighted by Crippen LogP contribution is -2.28. The van der Waals surface area contributed by atoms with Gasteiger partial charge in [-0.05, 0) is 43.5 Å². The van der Waals surface area contributed by atoms with Gasteiger partial charge in [0, 0.05) is 26.0 Å². The summed E-state index contributed by atoms with van der Waals surface area (Å²) in [7, 11) is -1.92. The van der Waals surface area contributed by atoms with Gasteiger partial charge in [-0.3, -0.25) is 4.98 Å². The minimum absolute atomic E-state index is 0.290. The summed E-state index contributed by atoms with van der Waals surface area (Å²) in [5.74, 6) is 0. The molecule has 0 saturated carbocycles. The molecule has 6 heteroatoms. The van der Waals surface area contributed by atoms with E-state index in [-0.39, 0.29) is 0 Å². The van der Waals surface area contributed by atoms with E-state index in [0.717, 1.165) is 11.1 Å². The Hall–Kier alpha value is -1.76. The summed E-state index contributed by atoms with van der Waals surface area (Å²) in [6.45, 7) is 2.27. The van der Waals surface area contributed by atoms with E-state index < -0.39 is 16.1 Å². The zero-order valence-electron chi connectivity index (χ0n) is 13.4. The fourth-order valence-electron chi connectivity index (χ4n) is 2.26. The molecule has 1 atom stereocenters. The minimum atomic E-state index is -3.48. The smallest absolute Gasteiger partial charge is 0.242 e. The van der Waals surface area contributed by atoms with Crippen molar-refractivity contribution in [1.82, 2.24) is 9.29 Å². The van der Waals surface area contributed by atoms with E-state index in [4.69, 9.17) is 0 Å². The second kappa shape index (κ2) is 7.68. The third kappa shape index (κ3) is 4.60. The van der Waals surface area contributed by atoms with E-state index in [2.05, 4.69) is 4.98 Å². The molecule has 1 aromatic carbocycles. The first-order chi connectivity index (χ1) is 10.9. The lowest BCUT2D eigenvalue weighted by Gasteiger charge is -2.18. The second-order valence-electron chi connectivity index (χ2n) is 5.58. The molecule has 0 aliphatic carbocycles. The van der Waals surface area contributed by atoms with Crippen LogP contribution in [0.1, 0.15) is 30.1 Å². The van der Waals surface area contributed by atoms with Crippen LogP contribution in [0.25, 0.3) is 0 Å². The van der Waals surface area contributed by atoms with Crippen LogP contribution in [0.2, 0.25) is 0 Å². The average Bonchev–Trinajstić information content (AvgIpc) is 2.55. The minimum Gasteiger partial charge on any atom is -0.388 e. The molecule has 0 amide bonds. The van der Waals surface area contributed by atoms with E-state index in [9.17, 15) is 13.5 Å². The monoisotopic (exact) mass is 334 g/mol. The Labute approximate surface area is 137 Å². The van der Waals surface area contributed by atoms with Gasteiger partial charge in [-0.2, -0.15) is 0 Å². The highest BCUT2D eigenvalue weighted by Crippen LogP contribution is 2.19.